The zero-order valence-corrected chi connectivity index (χ0v) is 73.6. The zero-order valence-electron chi connectivity index (χ0n) is 73.6. The number of nitrogens with one attached hydrogen (secondary N) is 1. The smallest absolute Gasteiger partial charge is 0.220 e. The Bertz CT molecular complexity index is 2210. The Balaban J connectivity index is 1.29. The Morgan fingerprint density at radius 1 is 0.313 bits per heavy atom. The van der Waals surface area contributed by atoms with Gasteiger partial charge in [0.25, 0.3) is 0 Å². The first kappa shape index (κ1) is 107. The fourth-order valence-electron chi connectivity index (χ4n) is 16.7. The van der Waals surface area contributed by atoms with Crippen LogP contribution in [0.3, 0.4) is 0 Å². The maximum absolute atomic E-state index is 13.6. The van der Waals surface area contributed by atoms with Crippen LogP contribution in [0.1, 0.15) is 438 Å². The molecule has 0 bridgehead atoms. The average Bonchev–Trinajstić information content (AvgIpc) is 0.779. The van der Waals surface area contributed by atoms with Gasteiger partial charge < -0.3 is 89.9 Å². The summed E-state index contributed by atoms with van der Waals surface area (Å²) in [5, 5.41) is 122. The molecule has 0 spiro atoms. The second-order valence-electron chi connectivity index (χ2n) is 34.9. The molecular formula is C96H181NO18. The van der Waals surface area contributed by atoms with Crippen LogP contribution >= 0.6 is 0 Å². The molecule has 12 N–H and O–H groups in total. The third kappa shape index (κ3) is 53.6. The molecule has 3 saturated heterocycles. The Labute approximate surface area is 701 Å². The van der Waals surface area contributed by atoms with Gasteiger partial charge in [0.05, 0.1) is 38.6 Å². The monoisotopic (exact) mass is 1640 g/mol. The lowest BCUT2D eigenvalue weighted by atomic mass is 9.96. The standard InChI is InChI=1S/C96H181NO18/c1-3-5-7-9-11-13-15-17-19-21-23-25-27-29-31-33-35-37-38-39-40-42-44-46-48-50-52-54-56-58-60-62-64-66-68-70-72-74-84(102)97-79(80(101)73-71-69-67-65-63-61-59-57-55-53-51-49-47-45-43-41-36-34-32-30-28-26-24-22-20-18-16-14-12-10-8-6-4-2)78-110-94-90(108)87(105)92(82(76-99)112-94)115-96-91(109)88(106)93(83(77-100)113-96)114-95-89(107)86(104)85(103)81(75-98)111-95/h15,17,21,23,27,29,79-83,85-96,98-101,103-109H,3-14,16,18-20,22,24-26,28,30-78H2,1-2H3,(H,97,102)/b17-15-,23-21-,29-27-. The molecule has 0 aromatic heterocycles. The maximum atomic E-state index is 13.6. The Morgan fingerprint density at radius 2 is 0.574 bits per heavy atom. The van der Waals surface area contributed by atoms with E-state index in [2.05, 4.69) is 55.6 Å². The maximum Gasteiger partial charge on any atom is 0.220 e. The number of carbonyl (C=O) groups excluding carboxylic acids is 1. The zero-order chi connectivity index (χ0) is 83.1. The van der Waals surface area contributed by atoms with Gasteiger partial charge in [-0.15, -0.1) is 0 Å². The van der Waals surface area contributed by atoms with Crippen LogP contribution < -0.4 is 5.32 Å². The van der Waals surface area contributed by atoms with Gasteiger partial charge in [-0.25, -0.2) is 0 Å². The number of rotatable bonds is 81. The summed E-state index contributed by atoms with van der Waals surface area (Å²) in [7, 11) is 0. The van der Waals surface area contributed by atoms with E-state index in [0.717, 1.165) is 57.8 Å². The molecule has 678 valence electrons. The van der Waals surface area contributed by atoms with Crippen molar-refractivity contribution >= 4 is 5.91 Å². The van der Waals surface area contributed by atoms with Gasteiger partial charge in [-0.2, -0.15) is 0 Å². The molecule has 0 saturated carbocycles. The van der Waals surface area contributed by atoms with Gasteiger partial charge in [0.2, 0.25) is 5.91 Å². The molecule has 3 fully saturated rings. The molecule has 0 aromatic rings. The second-order valence-corrected chi connectivity index (χ2v) is 34.9. The number of hydrogen-bond donors (Lipinski definition) is 12. The second kappa shape index (κ2) is 75.7. The molecule has 19 heteroatoms. The van der Waals surface area contributed by atoms with Crippen LogP contribution in [0.5, 0.6) is 0 Å². The molecule has 3 rings (SSSR count). The summed E-state index contributed by atoms with van der Waals surface area (Å²) in [6, 6.07) is -0.888. The molecule has 17 atom stereocenters. The van der Waals surface area contributed by atoms with Crippen molar-refractivity contribution in [3.8, 4) is 0 Å². The minimum absolute atomic E-state index is 0.233. The van der Waals surface area contributed by atoms with Gasteiger partial charge in [-0.1, -0.05) is 416 Å². The van der Waals surface area contributed by atoms with E-state index >= 15 is 0 Å². The van der Waals surface area contributed by atoms with E-state index in [4.69, 9.17) is 28.4 Å². The molecule has 3 aliphatic rings. The van der Waals surface area contributed by atoms with E-state index in [1.807, 2.05) is 0 Å². The minimum atomic E-state index is -1.97. The highest BCUT2D eigenvalue weighted by molar-refractivity contribution is 5.76. The highest BCUT2D eigenvalue weighted by Crippen LogP contribution is 2.34. The van der Waals surface area contributed by atoms with Crippen LogP contribution in [-0.4, -0.2) is 193 Å². The summed E-state index contributed by atoms with van der Waals surface area (Å²) < 4.78 is 34.7. The molecule has 19 nitrogen and oxygen atoms in total. The highest BCUT2D eigenvalue weighted by atomic mass is 16.8. The molecule has 0 radical (unpaired) electrons. The SMILES string of the molecule is CCCCCCC/C=C\C/C=C\C/C=C\CCCCCCCCCCCCCCCCCCCCCCCCC(=O)NC(COC1OC(CO)C(OC2OC(CO)C(OC3OC(CO)C(O)C(O)C3O)C(O)C2O)C(O)C1O)C(O)CCCCCCCCCCCCCCCCCCCCCCCCCCCCCCCCCCC. The third-order valence-electron chi connectivity index (χ3n) is 24.5. The van der Waals surface area contributed by atoms with E-state index in [-0.39, 0.29) is 18.9 Å². The average molecular weight is 1640 g/mol. The van der Waals surface area contributed by atoms with Gasteiger partial charge in [0, 0.05) is 6.42 Å². The first-order valence-corrected chi connectivity index (χ1v) is 48.7. The minimum Gasteiger partial charge on any atom is -0.394 e. The van der Waals surface area contributed by atoms with Crippen LogP contribution in [0.15, 0.2) is 36.5 Å². The normalized spacial score (nSPS) is 24.7. The third-order valence-corrected chi connectivity index (χ3v) is 24.5. The van der Waals surface area contributed by atoms with Crippen molar-refractivity contribution in [1.82, 2.24) is 5.32 Å². The molecule has 1 amide bonds. The number of ether oxygens (including phenoxy) is 6. The fourth-order valence-corrected chi connectivity index (χ4v) is 16.7. The quantitative estimate of drug-likeness (QED) is 0.0199. The Kier molecular flexibility index (Phi) is 70.6. The molecule has 3 aliphatic heterocycles. The lowest BCUT2D eigenvalue weighted by Crippen LogP contribution is -2.66. The number of aliphatic hydroxyl groups is 11. The Hall–Kier alpha value is -1.99. The molecule has 0 aliphatic carbocycles. The topological polar surface area (TPSA) is 307 Å². The molecule has 17 unspecified atom stereocenters. The summed E-state index contributed by atoms with van der Waals surface area (Å²) in [5.41, 5.74) is 0. The molecular weight excluding hydrogens is 1460 g/mol. The van der Waals surface area contributed by atoms with Gasteiger partial charge in [-0.05, 0) is 51.4 Å². The first-order valence-electron chi connectivity index (χ1n) is 48.7. The number of carbonyl (C=O) groups is 1. The summed E-state index contributed by atoms with van der Waals surface area (Å²) in [6.07, 6.45) is 71.3. The lowest BCUT2D eigenvalue weighted by Gasteiger charge is -2.48. The number of unbranched alkanes of at least 4 members (excludes halogenated alkanes) is 59. The van der Waals surface area contributed by atoms with Crippen molar-refractivity contribution < 1.29 is 89.4 Å². The predicted octanol–water partition coefficient (Wildman–Crippen LogP) is 19.8. The highest BCUT2D eigenvalue weighted by Gasteiger charge is 2.54. The van der Waals surface area contributed by atoms with Crippen molar-refractivity contribution in [2.45, 2.75) is 542 Å². The van der Waals surface area contributed by atoms with Gasteiger partial charge in [0.1, 0.15) is 73.2 Å². The van der Waals surface area contributed by atoms with Crippen LogP contribution in [0, 0.1) is 0 Å². The van der Waals surface area contributed by atoms with Gasteiger partial charge in [0.15, 0.2) is 18.9 Å². The van der Waals surface area contributed by atoms with E-state index in [1.165, 1.54) is 347 Å². The number of hydrogen-bond acceptors (Lipinski definition) is 18. The van der Waals surface area contributed by atoms with E-state index < -0.39 is 124 Å². The van der Waals surface area contributed by atoms with Crippen molar-refractivity contribution in [1.29, 1.82) is 0 Å². The number of allylic oxidation sites excluding steroid dienone is 6. The number of aliphatic hydroxyl groups excluding tert-OH is 11. The summed E-state index contributed by atoms with van der Waals surface area (Å²) in [6.45, 7) is 1.87. The van der Waals surface area contributed by atoms with Crippen LogP contribution in [0.4, 0.5) is 0 Å². The van der Waals surface area contributed by atoms with Crippen LogP contribution in [0.2, 0.25) is 0 Å². The van der Waals surface area contributed by atoms with E-state index in [9.17, 15) is 61.0 Å². The summed E-state index contributed by atoms with van der Waals surface area (Å²) >= 11 is 0. The van der Waals surface area contributed by atoms with Crippen molar-refractivity contribution in [2.75, 3.05) is 26.4 Å². The Morgan fingerprint density at radius 3 is 0.896 bits per heavy atom. The number of amides is 1. The predicted molar refractivity (Wildman–Crippen MR) is 466 cm³/mol. The van der Waals surface area contributed by atoms with Crippen LogP contribution in [0.25, 0.3) is 0 Å². The van der Waals surface area contributed by atoms with Gasteiger partial charge in [-0.3, -0.25) is 4.79 Å². The summed E-state index contributed by atoms with van der Waals surface area (Å²) in [4.78, 5) is 13.6. The van der Waals surface area contributed by atoms with Crippen molar-refractivity contribution in [3.63, 3.8) is 0 Å². The molecule has 115 heavy (non-hydrogen) atoms. The molecule has 0 aromatic carbocycles. The fraction of sp³-hybridized carbons (Fsp3) is 0.927. The van der Waals surface area contributed by atoms with Crippen molar-refractivity contribution in [3.05, 3.63) is 36.5 Å². The van der Waals surface area contributed by atoms with Gasteiger partial charge >= 0.3 is 0 Å². The van der Waals surface area contributed by atoms with Crippen LogP contribution in [-0.2, 0) is 33.2 Å². The first-order chi connectivity index (χ1) is 56.3. The molecule has 3 heterocycles. The lowest BCUT2D eigenvalue weighted by molar-refractivity contribution is -0.379. The van der Waals surface area contributed by atoms with E-state index in [0.29, 0.717) is 12.8 Å². The summed E-state index contributed by atoms with van der Waals surface area (Å²) in [5.74, 6) is -0.233. The van der Waals surface area contributed by atoms with E-state index in [1.54, 1.807) is 0 Å². The van der Waals surface area contributed by atoms with Crippen molar-refractivity contribution in [2.24, 2.45) is 0 Å². The largest absolute Gasteiger partial charge is 0.394 e.